The number of rotatable bonds is 4. The summed E-state index contributed by atoms with van der Waals surface area (Å²) in [5.74, 6) is -0.617. The molecule has 72 valence electrons. The summed E-state index contributed by atoms with van der Waals surface area (Å²) in [4.78, 5) is 10.7. The number of nitrogen functional groups attached to an aromatic ring is 1. The molecule has 1 aromatic rings. The Morgan fingerprint density at radius 3 is 2.92 bits per heavy atom. The fourth-order valence-electron chi connectivity index (χ4n) is 0.928. The van der Waals surface area contributed by atoms with E-state index in [2.05, 4.69) is 5.10 Å². The van der Waals surface area contributed by atoms with Gasteiger partial charge in [-0.05, 0) is 0 Å². The second kappa shape index (κ2) is 3.90. The van der Waals surface area contributed by atoms with Gasteiger partial charge in [0, 0.05) is 13.3 Å². The van der Waals surface area contributed by atoms with Gasteiger partial charge in [0.1, 0.15) is 0 Å². The fraction of sp³-hybridized carbons (Fsp3) is 0.429. The molecule has 1 heterocycles. The highest BCUT2D eigenvalue weighted by Gasteiger charge is 2.10. The number of carbonyl (C=O) groups is 1. The van der Waals surface area contributed by atoms with E-state index in [0.29, 0.717) is 18.8 Å². The van der Waals surface area contributed by atoms with Crippen molar-refractivity contribution in [2.75, 3.05) is 19.5 Å². The maximum absolute atomic E-state index is 10.7. The van der Waals surface area contributed by atoms with Crippen molar-refractivity contribution >= 4 is 11.6 Å². The van der Waals surface area contributed by atoms with Crippen molar-refractivity contribution in [3.8, 4) is 0 Å². The normalized spacial score (nSPS) is 10.2. The van der Waals surface area contributed by atoms with E-state index in [1.54, 1.807) is 13.3 Å². The first-order chi connectivity index (χ1) is 6.15. The molecule has 0 bridgehead atoms. The van der Waals surface area contributed by atoms with Crippen molar-refractivity contribution in [1.29, 1.82) is 0 Å². The standard InChI is InChI=1S/C7H12N4O2/c1-13-3-2-11-4-5(8)6(10-11)7(9)12/h4H,2-3,8H2,1H3,(H2,9,12). The summed E-state index contributed by atoms with van der Waals surface area (Å²) < 4.78 is 6.36. The minimum Gasteiger partial charge on any atom is -0.396 e. The quantitative estimate of drug-likeness (QED) is 0.641. The summed E-state index contributed by atoms with van der Waals surface area (Å²) in [5.41, 5.74) is 10.9. The van der Waals surface area contributed by atoms with Crippen LogP contribution in [0.4, 0.5) is 5.69 Å². The summed E-state index contributed by atoms with van der Waals surface area (Å²) in [6.07, 6.45) is 1.55. The average molecular weight is 184 g/mol. The summed E-state index contributed by atoms with van der Waals surface area (Å²) in [5, 5.41) is 3.88. The summed E-state index contributed by atoms with van der Waals surface area (Å²) >= 11 is 0. The highest BCUT2D eigenvalue weighted by molar-refractivity contribution is 5.95. The van der Waals surface area contributed by atoms with Gasteiger partial charge in [-0.25, -0.2) is 0 Å². The molecule has 0 atom stereocenters. The molecule has 0 aliphatic heterocycles. The number of amides is 1. The Hall–Kier alpha value is -1.56. The Kier molecular flexibility index (Phi) is 2.86. The Morgan fingerprint density at radius 2 is 2.46 bits per heavy atom. The molecule has 0 saturated heterocycles. The minimum atomic E-state index is -0.617. The lowest BCUT2D eigenvalue weighted by Crippen LogP contribution is -2.14. The smallest absolute Gasteiger partial charge is 0.271 e. The molecular weight excluding hydrogens is 172 g/mol. The summed E-state index contributed by atoms with van der Waals surface area (Å²) in [6.45, 7) is 1.06. The first-order valence-electron chi connectivity index (χ1n) is 3.77. The van der Waals surface area contributed by atoms with Gasteiger partial charge in [-0.2, -0.15) is 5.10 Å². The molecule has 1 aromatic heterocycles. The molecule has 0 fully saturated rings. The van der Waals surface area contributed by atoms with Gasteiger partial charge in [-0.3, -0.25) is 9.48 Å². The molecule has 1 amide bonds. The third-order valence-corrected chi connectivity index (χ3v) is 1.55. The zero-order valence-corrected chi connectivity index (χ0v) is 7.36. The second-order valence-corrected chi connectivity index (χ2v) is 2.55. The van der Waals surface area contributed by atoms with E-state index in [-0.39, 0.29) is 5.69 Å². The van der Waals surface area contributed by atoms with Crippen molar-refractivity contribution in [1.82, 2.24) is 9.78 Å². The number of carbonyl (C=O) groups excluding carboxylic acids is 1. The number of nitrogens with two attached hydrogens (primary N) is 2. The van der Waals surface area contributed by atoms with Crippen LogP contribution in [-0.2, 0) is 11.3 Å². The number of primary amides is 1. The van der Waals surface area contributed by atoms with Gasteiger partial charge >= 0.3 is 0 Å². The molecule has 6 heteroatoms. The number of nitrogens with zero attached hydrogens (tertiary/aromatic N) is 2. The Labute approximate surface area is 75.5 Å². The van der Waals surface area contributed by atoms with Crippen LogP contribution in [0.25, 0.3) is 0 Å². The predicted molar refractivity (Wildman–Crippen MR) is 47.0 cm³/mol. The average Bonchev–Trinajstić information content (AvgIpc) is 2.43. The van der Waals surface area contributed by atoms with E-state index in [1.165, 1.54) is 4.68 Å². The Balaban J connectivity index is 2.76. The summed E-state index contributed by atoms with van der Waals surface area (Å²) in [6, 6.07) is 0. The van der Waals surface area contributed by atoms with E-state index in [4.69, 9.17) is 16.2 Å². The van der Waals surface area contributed by atoms with E-state index < -0.39 is 5.91 Å². The molecular formula is C7H12N4O2. The molecule has 1 rings (SSSR count). The molecule has 0 spiro atoms. The lowest BCUT2D eigenvalue weighted by atomic mass is 10.4. The number of hydrogen-bond donors (Lipinski definition) is 2. The van der Waals surface area contributed by atoms with Gasteiger partial charge in [0.15, 0.2) is 5.69 Å². The van der Waals surface area contributed by atoms with Crippen LogP contribution in [0.2, 0.25) is 0 Å². The number of methoxy groups -OCH3 is 1. The summed E-state index contributed by atoms with van der Waals surface area (Å²) in [7, 11) is 1.59. The highest BCUT2D eigenvalue weighted by Crippen LogP contribution is 2.07. The van der Waals surface area contributed by atoms with Crippen LogP contribution in [0.3, 0.4) is 0 Å². The van der Waals surface area contributed by atoms with Gasteiger partial charge in [-0.15, -0.1) is 0 Å². The monoisotopic (exact) mass is 184 g/mol. The fourth-order valence-corrected chi connectivity index (χ4v) is 0.928. The number of ether oxygens (including phenoxy) is 1. The van der Waals surface area contributed by atoms with Crippen LogP contribution in [-0.4, -0.2) is 29.4 Å². The van der Waals surface area contributed by atoms with E-state index in [0.717, 1.165) is 0 Å². The number of anilines is 1. The van der Waals surface area contributed by atoms with E-state index in [9.17, 15) is 4.79 Å². The molecule has 0 unspecified atom stereocenters. The van der Waals surface area contributed by atoms with Crippen molar-refractivity contribution < 1.29 is 9.53 Å². The maximum Gasteiger partial charge on any atom is 0.271 e. The van der Waals surface area contributed by atoms with Crippen LogP contribution in [0.15, 0.2) is 6.20 Å². The predicted octanol–water partition coefficient (Wildman–Crippen LogP) is -0.789. The van der Waals surface area contributed by atoms with Crippen LogP contribution in [0.1, 0.15) is 10.5 Å². The molecule has 0 aliphatic carbocycles. The topological polar surface area (TPSA) is 96.2 Å². The van der Waals surface area contributed by atoms with Crippen molar-refractivity contribution in [2.45, 2.75) is 6.54 Å². The van der Waals surface area contributed by atoms with Gasteiger partial charge in [0.25, 0.3) is 5.91 Å². The minimum absolute atomic E-state index is 0.108. The van der Waals surface area contributed by atoms with Crippen molar-refractivity contribution in [3.05, 3.63) is 11.9 Å². The largest absolute Gasteiger partial charge is 0.396 e. The van der Waals surface area contributed by atoms with Gasteiger partial charge in [-0.1, -0.05) is 0 Å². The van der Waals surface area contributed by atoms with E-state index >= 15 is 0 Å². The van der Waals surface area contributed by atoms with Crippen molar-refractivity contribution in [3.63, 3.8) is 0 Å². The third-order valence-electron chi connectivity index (χ3n) is 1.55. The lowest BCUT2D eigenvalue weighted by Gasteiger charge is -1.97. The van der Waals surface area contributed by atoms with Gasteiger partial charge < -0.3 is 16.2 Å². The van der Waals surface area contributed by atoms with Gasteiger partial charge in [0.05, 0.1) is 18.8 Å². The SMILES string of the molecule is COCCn1cc(N)c(C(N)=O)n1. The number of aromatic nitrogens is 2. The first-order valence-corrected chi connectivity index (χ1v) is 3.77. The molecule has 4 N–H and O–H groups in total. The Bertz CT molecular complexity index is 307. The molecule has 0 aliphatic rings. The second-order valence-electron chi connectivity index (χ2n) is 2.55. The third kappa shape index (κ3) is 2.19. The molecule has 0 saturated carbocycles. The van der Waals surface area contributed by atoms with E-state index in [1.807, 2.05) is 0 Å². The highest BCUT2D eigenvalue weighted by atomic mass is 16.5. The van der Waals surface area contributed by atoms with Crippen molar-refractivity contribution in [2.24, 2.45) is 5.73 Å². The Morgan fingerprint density at radius 1 is 1.77 bits per heavy atom. The maximum atomic E-state index is 10.7. The van der Waals surface area contributed by atoms with Gasteiger partial charge in [0.2, 0.25) is 0 Å². The van der Waals surface area contributed by atoms with Crippen LogP contribution < -0.4 is 11.5 Å². The van der Waals surface area contributed by atoms with Crippen LogP contribution in [0.5, 0.6) is 0 Å². The molecule has 13 heavy (non-hydrogen) atoms. The molecule has 0 radical (unpaired) electrons. The molecule has 0 aromatic carbocycles. The van der Waals surface area contributed by atoms with Crippen LogP contribution >= 0.6 is 0 Å². The zero-order chi connectivity index (χ0) is 9.84. The lowest BCUT2D eigenvalue weighted by molar-refractivity contribution is 0.0995. The number of hydrogen-bond acceptors (Lipinski definition) is 4. The molecule has 6 nitrogen and oxygen atoms in total. The van der Waals surface area contributed by atoms with Crippen LogP contribution in [0, 0.1) is 0 Å². The first kappa shape index (κ1) is 9.53. The zero-order valence-electron chi connectivity index (χ0n) is 7.36.